The fraction of sp³-hybridized carbons (Fsp3) is 0.600. The van der Waals surface area contributed by atoms with Gasteiger partial charge in [-0.15, -0.1) is 0 Å². The van der Waals surface area contributed by atoms with Gasteiger partial charge in [0.2, 0.25) is 5.91 Å². The number of amides is 2. The molecular formula is C20H29N3O4. The monoisotopic (exact) mass is 375 g/mol. The van der Waals surface area contributed by atoms with Gasteiger partial charge in [-0.05, 0) is 31.4 Å². The van der Waals surface area contributed by atoms with Crippen molar-refractivity contribution in [2.75, 3.05) is 60.0 Å². The first-order valence-electron chi connectivity index (χ1n) is 9.64. The minimum absolute atomic E-state index is 0.0623. The zero-order chi connectivity index (χ0) is 19.2. The van der Waals surface area contributed by atoms with E-state index in [4.69, 9.17) is 9.47 Å². The summed E-state index contributed by atoms with van der Waals surface area (Å²) < 4.78 is 10.7. The minimum atomic E-state index is -0.0623. The third-order valence-electron chi connectivity index (χ3n) is 5.36. The third kappa shape index (κ3) is 4.53. The lowest BCUT2D eigenvalue weighted by atomic mass is 10.1. The highest BCUT2D eigenvalue weighted by Gasteiger charge is 2.27. The number of para-hydroxylation sites is 1. The molecule has 0 spiro atoms. The van der Waals surface area contributed by atoms with E-state index in [1.165, 1.54) is 6.42 Å². The highest BCUT2D eigenvalue weighted by molar-refractivity contribution is 5.98. The summed E-state index contributed by atoms with van der Waals surface area (Å²) in [5.74, 6) is 1.17. The van der Waals surface area contributed by atoms with Crippen molar-refractivity contribution in [1.82, 2.24) is 14.7 Å². The number of benzene rings is 1. The number of piperazine rings is 1. The standard InChI is InChI=1S/C20H29N3O4/c1-26-17-8-6-7-16(19(17)27-2)20(25)23-13-11-21(12-14-23)15-18(24)22-9-4-3-5-10-22/h6-8H,3-5,9-15H2,1-2H3. The Labute approximate surface area is 160 Å². The summed E-state index contributed by atoms with van der Waals surface area (Å²) in [6.07, 6.45) is 3.44. The molecule has 3 rings (SSSR count). The van der Waals surface area contributed by atoms with Gasteiger partial charge in [-0.1, -0.05) is 6.07 Å². The van der Waals surface area contributed by atoms with E-state index < -0.39 is 0 Å². The van der Waals surface area contributed by atoms with Crippen molar-refractivity contribution in [3.63, 3.8) is 0 Å². The number of ether oxygens (including phenoxy) is 2. The number of likely N-dealkylation sites (tertiary alicyclic amines) is 1. The summed E-state index contributed by atoms with van der Waals surface area (Å²) in [6, 6.07) is 5.33. The van der Waals surface area contributed by atoms with Crippen LogP contribution in [0.5, 0.6) is 11.5 Å². The molecule has 0 saturated carbocycles. The van der Waals surface area contributed by atoms with Crippen LogP contribution < -0.4 is 9.47 Å². The van der Waals surface area contributed by atoms with Gasteiger partial charge < -0.3 is 19.3 Å². The zero-order valence-corrected chi connectivity index (χ0v) is 16.3. The van der Waals surface area contributed by atoms with Crippen molar-refractivity contribution in [2.24, 2.45) is 0 Å². The minimum Gasteiger partial charge on any atom is -0.493 e. The Morgan fingerprint density at radius 1 is 0.889 bits per heavy atom. The number of carbonyl (C=O) groups excluding carboxylic acids is 2. The molecule has 2 aliphatic heterocycles. The van der Waals surface area contributed by atoms with Crippen molar-refractivity contribution >= 4 is 11.8 Å². The van der Waals surface area contributed by atoms with Crippen LogP contribution in [0.2, 0.25) is 0 Å². The van der Waals surface area contributed by atoms with Gasteiger partial charge in [-0.2, -0.15) is 0 Å². The van der Waals surface area contributed by atoms with Gasteiger partial charge in [0.05, 0.1) is 26.3 Å². The Bertz CT molecular complexity index is 665. The van der Waals surface area contributed by atoms with E-state index in [2.05, 4.69) is 4.90 Å². The first-order valence-corrected chi connectivity index (χ1v) is 9.64. The molecule has 0 atom stereocenters. The molecule has 2 fully saturated rings. The molecule has 0 unspecified atom stereocenters. The van der Waals surface area contributed by atoms with Crippen molar-refractivity contribution in [2.45, 2.75) is 19.3 Å². The Morgan fingerprint density at radius 3 is 2.22 bits per heavy atom. The van der Waals surface area contributed by atoms with Crippen LogP contribution in [0.25, 0.3) is 0 Å². The summed E-state index contributed by atoms with van der Waals surface area (Å²) >= 11 is 0. The number of piperidine rings is 1. The molecular weight excluding hydrogens is 346 g/mol. The molecule has 0 N–H and O–H groups in total. The van der Waals surface area contributed by atoms with E-state index in [0.29, 0.717) is 49.8 Å². The molecule has 0 bridgehead atoms. The lowest BCUT2D eigenvalue weighted by Gasteiger charge is -2.36. The van der Waals surface area contributed by atoms with Gasteiger partial charge in [0, 0.05) is 39.3 Å². The Hall–Kier alpha value is -2.28. The third-order valence-corrected chi connectivity index (χ3v) is 5.36. The average molecular weight is 375 g/mol. The van der Waals surface area contributed by atoms with Crippen molar-refractivity contribution in [3.05, 3.63) is 23.8 Å². The highest BCUT2D eigenvalue weighted by atomic mass is 16.5. The van der Waals surface area contributed by atoms with Gasteiger partial charge in [0.1, 0.15) is 0 Å². The van der Waals surface area contributed by atoms with E-state index in [1.807, 2.05) is 9.80 Å². The first-order chi connectivity index (χ1) is 13.1. The number of hydrogen-bond acceptors (Lipinski definition) is 5. The Balaban J connectivity index is 1.56. The molecule has 0 aliphatic carbocycles. The lowest BCUT2D eigenvalue weighted by Crippen LogP contribution is -2.52. The molecule has 2 amide bonds. The molecule has 2 saturated heterocycles. The molecule has 1 aromatic carbocycles. The van der Waals surface area contributed by atoms with E-state index in [1.54, 1.807) is 32.4 Å². The van der Waals surface area contributed by atoms with Gasteiger partial charge >= 0.3 is 0 Å². The maximum Gasteiger partial charge on any atom is 0.257 e. The van der Waals surface area contributed by atoms with Crippen LogP contribution in [0.15, 0.2) is 18.2 Å². The number of rotatable bonds is 5. The van der Waals surface area contributed by atoms with Crippen LogP contribution in [-0.4, -0.2) is 86.5 Å². The van der Waals surface area contributed by atoms with Crippen LogP contribution in [0, 0.1) is 0 Å². The molecule has 2 heterocycles. The van der Waals surface area contributed by atoms with E-state index >= 15 is 0 Å². The quantitative estimate of drug-likeness (QED) is 0.780. The first kappa shape index (κ1) is 19.5. The number of nitrogens with zero attached hydrogens (tertiary/aromatic N) is 3. The molecule has 0 aromatic heterocycles. The second-order valence-corrected chi connectivity index (χ2v) is 7.05. The van der Waals surface area contributed by atoms with E-state index in [-0.39, 0.29) is 11.8 Å². The van der Waals surface area contributed by atoms with Gasteiger partial charge in [0.25, 0.3) is 5.91 Å². The predicted molar refractivity (Wildman–Crippen MR) is 102 cm³/mol. The summed E-state index contributed by atoms with van der Waals surface area (Å²) in [6.45, 7) is 4.83. The second kappa shape index (κ2) is 9.08. The van der Waals surface area contributed by atoms with Gasteiger partial charge in [-0.3, -0.25) is 14.5 Å². The fourth-order valence-corrected chi connectivity index (χ4v) is 3.77. The summed E-state index contributed by atoms with van der Waals surface area (Å²) in [4.78, 5) is 31.3. The maximum atomic E-state index is 12.9. The molecule has 0 radical (unpaired) electrons. The maximum absolute atomic E-state index is 12.9. The zero-order valence-electron chi connectivity index (χ0n) is 16.3. The van der Waals surface area contributed by atoms with Crippen LogP contribution in [0.3, 0.4) is 0 Å². The van der Waals surface area contributed by atoms with Crippen LogP contribution in [0.4, 0.5) is 0 Å². The molecule has 7 heteroatoms. The van der Waals surface area contributed by atoms with Crippen LogP contribution in [-0.2, 0) is 4.79 Å². The van der Waals surface area contributed by atoms with Crippen LogP contribution in [0.1, 0.15) is 29.6 Å². The smallest absolute Gasteiger partial charge is 0.257 e. The molecule has 2 aliphatic rings. The Kier molecular flexibility index (Phi) is 6.55. The molecule has 7 nitrogen and oxygen atoms in total. The van der Waals surface area contributed by atoms with Crippen molar-refractivity contribution in [3.8, 4) is 11.5 Å². The Morgan fingerprint density at radius 2 is 1.59 bits per heavy atom. The van der Waals surface area contributed by atoms with Crippen molar-refractivity contribution in [1.29, 1.82) is 0 Å². The highest BCUT2D eigenvalue weighted by Crippen LogP contribution is 2.31. The van der Waals surface area contributed by atoms with Crippen molar-refractivity contribution < 1.29 is 19.1 Å². The topological polar surface area (TPSA) is 62.3 Å². The van der Waals surface area contributed by atoms with Gasteiger partial charge in [-0.25, -0.2) is 0 Å². The molecule has 27 heavy (non-hydrogen) atoms. The summed E-state index contributed by atoms with van der Waals surface area (Å²) in [5, 5.41) is 0. The number of hydrogen-bond donors (Lipinski definition) is 0. The normalized spacial score (nSPS) is 18.3. The summed E-state index contributed by atoms with van der Waals surface area (Å²) in [5.41, 5.74) is 0.509. The molecule has 1 aromatic rings. The number of methoxy groups -OCH3 is 2. The number of carbonyl (C=O) groups is 2. The second-order valence-electron chi connectivity index (χ2n) is 7.05. The van der Waals surface area contributed by atoms with E-state index in [0.717, 1.165) is 25.9 Å². The average Bonchev–Trinajstić information content (AvgIpc) is 2.73. The van der Waals surface area contributed by atoms with Gasteiger partial charge in [0.15, 0.2) is 11.5 Å². The molecule has 148 valence electrons. The fourth-order valence-electron chi connectivity index (χ4n) is 3.77. The largest absolute Gasteiger partial charge is 0.493 e. The SMILES string of the molecule is COc1cccc(C(=O)N2CCN(CC(=O)N3CCCCC3)CC2)c1OC. The van der Waals surface area contributed by atoms with E-state index in [9.17, 15) is 9.59 Å². The lowest BCUT2D eigenvalue weighted by molar-refractivity contribution is -0.133. The van der Waals surface area contributed by atoms with Crippen LogP contribution >= 0.6 is 0 Å². The predicted octanol–water partition coefficient (Wildman–Crippen LogP) is 1.47. The summed E-state index contributed by atoms with van der Waals surface area (Å²) in [7, 11) is 3.10.